The Kier molecular flexibility index (Phi) is 7.31. The van der Waals surface area contributed by atoms with Crippen LogP contribution < -0.4 is 0 Å². The zero-order chi connectivity index (χ0) is 23.6. The lowest BCUT2D eigenvalue weighted by atomic mass is 9.68. The molecule has 3 amide bonds. The topological polar surface area (TPSA) is 87.2 Å². The van der Waals surface area contributed by atoms with E-state index >= 15 is 0 Å². The number of ether oxygens (including phenoxy) is 1. The Bertz CT molecular complexity index is 924. The van der Waals surface area contributed by atoms with Crippen molar-refractivity contribution >= 4 is 21.8 Å². The van der Waals surface area contributed by atoms with Gasteiger partial charge < -0.3 is 9.64 Å². The van der Waals surface area contributed by atoms with Gasteiger partial charge in [-0.1, -0.05) is 30.3 Å². The number of sulfone groups is 1. The number of methoxy groups -OCH3 is 1. The normalized spacial score (nSPS) is 26.3. The van der Waals surface area contributed by atoms with E-state index in [0.717, 1.165) is 36.8 Å². The summed E-state index contributed by atoms with van der Waals surface area (Å²) in [4.78, 5) is 31.2. The molecular formula is C23H35N3O5S. The van der Waals surface area contributed by atoms with Gasteiger partial charge in [-0.25, -0.2) is 13.2 Å². The predicted molar refractivity (Wildman–Crippen MR) is 123 cm³/mol. The summed E-state index contributed by atoms with van der Waals surface area (Å²) >= 11 is 0. The van der Waals surface area contributed by atoms with E-state index in [9.17, 15) is 18.0 Å². The van der Waals surface area contributed by atoms with Gasteiger partial charge in [0.1, 0.15) is 5.75 Å². The first kappa shape index (κ1) is 24.7. The summed E-state index contributed by atoms with van der Waals surface area (Å²) in [6.45, 7) is 1.24. The zero-order valence-electron chi connectivity index (χ0n) is 19.5. The lowest BCUT2D eigenvalue weighted by Crippen LogP contribution is -2.55. The van der Waals surface area contributed by atoms with Crippen molar-refractivity contribution in [1.29, 1.82) is 0 Å². The molecule has 0 unspecified atom stereocenters. The molecule has 0 N–H and O–H groups in total. The number of amides is 3. The summed E-state index contributed by atoms with van der Waals surface area (Å²) in [6.07, 6.45) is 4.83. The van der Waals surface area contributed by atoms with Crippen molar-refractivity contribution < 1.29 is 22.7 Å². The molecule has 1 aliphatic heterocycles. The van der Waals surface area contributed by atoms with Crippen LogP contribution >= 0.6 is 0 Å². The van der Waals surface area contributed by atoms with E-state index in [1.54, 1.807) is 12.0 Å². The van der Waals surface area contributed by atoms with Crippen LogP contribution in [0.4, 0.5) is 4.79 Å². The molecular weight excluding hydrogens is 430 g/mol. The highest BCUT2D eigenvalue weighted by molar-refractivity contribution is 7.91. The third kappa shape index (κ3) is 4.84. The number of nitrogens with zero attached hydrogens (tertiary/aromatic N) is 3. The fraction of sp³-hybridized carbons (Fsp3) is 0.652. The van der Waals surface area contributed by atoms with Gasteiger partial charge in [0, 0.05) is 32.1 Å². The fourth-order valence-electron chi connectivity index (χ4n) is 5.29. The molecule has 2 aliphatic rings. The monoisotopic (exact) mass is 465 g/mol. The van der Waals surface area contributed by atoms with E-state index in [0.29, 0.717) is 19.6 Å². The number of imide groups is 1. The molecule has 1 aromatic carbocycles. The van der Waals surface area contributed by atoms with Crippen LogP contribution in [-0.4, -0.2) is 93.5 Å². The molecule has 178 valence electrons. The summed E-state index contributed by atoms with van der Waals surface area (Å²) in [5.41, 5.74) is 0.629. The Labute approximate surface area is 191 Å². The molecule has 1 aliphatic carbocycles. The third-order valence-electron chi connectivity index (χ3n) is 7.08. The van der Waals surface area contributed by atoms with E-state index in [4.69, 9.17) is 4.74 Å². The first-order valence-corrected chi connectivity index (χ1v) is 13.1. The lowest BCUT2D eigenvalue weighted by Gasteiger charge is -2.51. The van der Waals surface area contributed by atoms with E-state index in [1.807, 2.05) is 18.2 Å². The van der Waals surface area contributed by atoms with Crippen LogP contribution in [0.25, 0.3) is 0 Å². The molecule has 1 heterocycles. The maximum Gasteiger partial charge on any atom is 0.327 e. The highest BCUT2D eigenvalue weighted by atomic mass is 32.2. The van der Waals surface area contributed by atoms with Crippen LogP contribution in [0.2, 0.25) is 0 Å². The van der Waals surface area contributed by atoms with Crippen LogP contribution in [0.3, 0.4) is 0 Å². The second-order valence-corrected chi connectivity index (χ2v) is 11.5. The summed E-state index contributed by atoms with van der Waals surface area (Å²) in [6, 6.07) is 10.0. The maximum atomic E-state index is 13.3. The standard InChI is InChI=1S/C23H35N3O5S/c1-24(2)23(19-9-6-5-7-10-19)13-11-22(12-14-23)18-25(20(27)17-32(4,29)30)21(28)26(22)15-8-16-31-3/h5-7,9-10H,8,11-18H2,1-4H3. The minimum atomic E-state index is -3.52. The summed E-state index contributed by atoms with van der Waals surface area (Å²) in [5, 5.41) is 0. The molecule has 1 saturated heterocycles. The average molecular weight is 466 g/mol. The van der Waals surface area contributed by atoms with Crippen LogP contribution in [-0.2, 0) is 24.9 Å². The van der Waals surface area contributed by atoms with E-state index in [-0.39, 0.29) is 18.1 Å². The molecule has 1 saturated carbocycles. The van der Waals surface area contributed by atoms with Crippen molar-refractivity contribution in [3.8, 4) is 0 Å². The van der Waals surface area contributed by atoms with Crippen LogP contribution in [0.15, 0.2) is 30.3 Å². The first-order valence-electron chi connectivity index (χ1n) is 11.1. The van der Waals surface area contributed by atoms with Gasteiger partial charge in [0.25, 0.3) is 0 Å². The lowest BCUT2D eigenvalue weighted by molar-refractivity contribution is -0.125. The van der Waals surface area contributed by atoms with E-state index < -0.39 is 27.0 Å². The van der Waals surface area contributed by atoms with Gasteiger partial charge in [-0.2, -0.15) is 0 Å². The highest BCUT2D eigenvalue weighted by Gasteiger charge is 2.55. The van der Waals surface area contributed by atoms with Crippen LogP contribution in [0.1, 0.15) is 37.7 Å². The number of benzene rings is 1. The maximum absolute atomic E-state index is 13.3. The number of hydrogen-bond donors (Lipinski definition) is 0. The zero-order valence-corrected chi connectivity index (χ0v) is 20.4. The van der Waals surface area contributed by atoms with Crippen molar-refractivity contribution in [3.05, 3.63) is 35.9 Å². The number of urea groups is 1. The molecule has 0 atom stereocenters. The third-order valence-corrected chi connectivity index (χ3v) is 7.85. The van der Waals surface area contributed by atoms with Gasteiger partial charge >= 0.3 is 6.03 Å². The summed E-state index contributed by atoms with van der Waals surface area (Å²) < 4.78 is 28.5. The second kappa shape index (κ2) is 9.49. The molecule has 2 fully saturated rings. The average Bonchev–Trinajstić information content (AvgIpc) is 3.00. The van der Waals surface area contributed by atoms with Crippen LogP contribution in [0.5, 0.6) is 0 Å². The fourth-order valence-corrected chi connectivity index (χ4v) is 5.90. The summed E-state index contributed by atoms with van der Waals surface area (Å²) in [7, 11) is 2.27. The Morgan fingerprint density at radius 1 is 1.12 bits per heavy atom. The van der Waals surface area contributed by atoms with Gasteiger partial charge in [0.15, 0.2) is 9.84 Å². The molecule has 3 rings (SSSR count). The molecule has 0 radical (unpaired) electrons. The van der Waals surface area contributed by atoms with Crippen molar-refractivity contribution in [2.75, 3.05) is 52.9 Å². The minimum Gasteiger partial charge on any atom is -0.385 e. The van der Waals surface area contributed by atoms with Gasteiger partial charge in [-0.3, -0.25) is 14.6 Å². The summed E-state index contributed by atoms with van der Waals surface area (Å²) in [5.74, 6) is -1.29. The number of carbonyl (C=O) groups is 2. The van der Waals surface area contributed by atoms with E-state index in [2.05, 4.69) is 31.1 Å². The Balaban J connectivity index is 1.88. The number of rotatable bonds is 8. The van der Waals surface area contributed by atoms with Crippen molar-refractivity contribution in [2.45, 2.75) is 43.2 Å². The molecule has 0 bridgehead atoms. The second-order valence-electron chi connectivity index (χ2n) is 9.35. The highest BCUT2D eigenvalue weighted by Crippen LogP contribution is 2.48. The molecule has 8 nitrogen and oxygen atoms in total. The van der Waals surface area contributed by atoms with Crippen LogP contribution in [0, 0.1) is 0 Å². The largest absolute Gasteiger partial charge is 0.385 e. The van der Waals surface area contributed by atoms with Gasteiger partial charge in [0.05, 0.1) is 12.1 Å². The van der Waals surface area contributed by atoms with Crippen molar-refractivity contribution in [2.24, 2.45) is 0 Å². The quantitative estimate of drug-likeness (QED) is 0.547. The molecule has 1 aromatic rings. The van der Waals surface area contributed by atoms with Gasteiger partial charge in [-0.15, -0.1) is 0 Å². The van der Waals surface area contributed by atoms with Crippen molar-refractivity contribution in [3.63, 3.8) is 0 Å². The van der Waals surface area contributed by atoms with Gasteiger partial charge in [-0.05, 0) is 51.8 Å². The molecule has 9 heteroatoms. The van der Waals surface area contributed by atoms with E-state index in [1.165, 1.54) is 5.56 Å². The molecule has 1 spiro atoms. The van der Waals surface area contributed by atoms with Crippen molar-refractivity contribution in [1.82, 2.24) is 14.7 Å². The Hall–Kier alpha value is -1.97. The number of hydrogen-bond acceptors (Lipinski definition) is 6. The smallest absolute Gasteiger partial charge is 0.327 e. The molecule has 0 aromatic heterocycles. The predicted octanol–water partition coefficient (Wildman–Crippen LogP) is 2.10. The Morgan fingerprint density at radius 2 is 1.75 bits per heavy atom. The van der Waals surface area contributed by atoms with Gasteiger partial charge in [0.2, 0.25) is 5.91 Å². The minimum absolute atomic E-state index is 0.141. The first-order chi connectivity index (χ1) is 15.0. The number of carbonyl (C=O) groups excluding carboxylic acids is 2. The SMILES string of the molecule is COCCCN1C(=O)N(C(=O)CS(C)(=O)=O)CC12CCC(c1ccccc1)(N(C)C)CC2. The Morgan fingerprint density at radius 3 is 2.28 bits per heavy atom. The molecule has 32 heavy (non-hydrogen) atoms.